The normalized spacial score (nSPS) is 12.5. The van der Waals surface area contributed by atoms with Gasteiger partial charge in [0.25, 0.3) is 0 Å². The molecule has 0 aliphatic carbocycles. The number of aromatic nitrogens is 2. The van der Waals surface area contributed by atoms with Gasteiger partial charge in [0, 0.05) is 17.8 Å². The average Bonchev–Trinajstić information content (AvgIpc) is 2.11. The van der Waals surface area contributed by atoms with Crippen LogP contribution in [0.25, 0.3) is 0 Å². The number of nitrogens with zero attached hydrogens (tertiary/aromatic N) is 2. The standard InChI is InChI=1S/C8H14N4O/c1-5-3-10-8(9)12-7(5)11-6(2)4-13/h3,6,13H,4H2,1-2H3,(H3,9,10,11,12). The van der Waals surface area contributed by atoms with Gasteiger partial charge in [-0.1, -0.05) is 0 Å². The highest BCUT2D eigenvalue weighted by Gasteiger charge is 2.04. The first-order valence-electron chi connectivity index (χ1n) is 4.10. The number of hydrogen-bond acceptors (Lipinski definition) is 5. The molecule has 0 radical (unpaired) electrons. The van der Waals surface area contributed by atoms with Crippen molar-refractivity contribution in [1.29, 1.82) is 0 Å². The maximum absolute atomic E-state index is 8.82. The van der Waals surface area contributed by atoms with Crippen LogP contribution < -0.4 is 11.1 Å². The van der Waals surface area contributed by atoms with E-state index in [1.807, 2.05) is 13.8 Å². The molecule has 0 bridgehead atoms. The van der Waals surface area contributed by atoms with Gasteiger partial charge in [0.05, 0.1) is 6.61 Å². The fourth-order valence-electron chi connectivity index (χ4n) is 0.881. The SMILES string of the molecule is Cc1cnc(N)nc1NC(C)CO. The van der Waals surface area contributed by atoms with Crippen molar-refractivity contribution in [2.24, 2.45) is 0 Å². The van der Waals surface area contributed by atoms with Crippen LogP contribution in [0.4, 0.5) is 11.8 Å². The number of rotatable bonds is 3. The minimum atomic E-state index is -0.0343. The lowest BCUT2D eigenvalue weighted by atomic mass is 10.3. The zero-order valence-electron chi connectivity index (χ0n) is 7.78. The molecule has 0 aliphatic heterocycles. The smallest absolute Gasteiger partial charge is 0.221 e. The monoisotopic (exact) mass is 182 g/mol. The molecule has 1 heterocycles. The molecule has 5 nitrogen and oxygen atoms in total. The number of nitrogens with one attached hydrogen (secondary N) is 1. The molecule has 0 spiro atoms. The zero-order valence-corrected chi connectivity index (χ0v) is 7.78. The van der Waals surface area contributed by atoms with Crippen LogP contribution in [0.1, 0.15) is 12.5 Å². The topological polar surface area (TPSA) is 84.1 Å². The van der Waals surface area contributed by atoms with E-state index in [9.17, 15) is 0 Å². The highest BCUT2D eigenvalue weighted by molar-refractivity contribution is 5.45. The molecule has 72 valence electrons. The molecule has 1 rings (SSSR count). The molecule has 0 aromatic carbocycles. The van der Waals surface area contributed by atoms with Crippen LogP contribution in [0.3, 0.4) is 0 Å². The van der Waals surface area contributed by atoms with Gasteiger partial charge in [0.2, 0.25) is 5.95 Å². The zero-order chi connectivity index (χ0) is 9.84. The predicted molar refractivity (Wildman–Crippen MR) is 51.4 cm³/mol. The predicted octanol–water partition coefficient (Wildman–Crippen LogP) is 0.160. The number of nitrogen functional groups attached to an aromatic ring is 1. The van der Waals surface area contributed by atoms with Crippen molar-refractivity contribution >= 4 is 11.8 Å². The Morgan fingerprint density at radius 2 is 2.38 bits per heavy atom. The van der Waals surface area contributed by atoms with Gasteiger partial charge in [-0.15, -0.1) is 0 Å². The van der Waals surface area contributed by atoms with Gasteiger partial charge in [-0.2, -0.15) is 4.98 Å². The molecule has 13 heavy (non-hydrogen) atoms. The molecule has 0 fully saturated rings. The summed E-state index contributed by atoms with van der Waals surface area (Å²) in [6.07, 6.45) is 1.65. The molecule has 0 saturated heterocycles. The lowest BCUT2D eigenvalue weighted by molar-refractivity contribution is 0.281. The summed E-state index contributed by atoms with van der Waals surface area (Å²) in [7, 11) is 0. The lowest BCUT2D eigenvalue weighted by Crippen LogP contribution is -2.21. The number of aliphatic hydroxyl groups excluding tert-OH is 1. The Labute approximate surface area is 77.0 Å². The van der Waals surface area contributed by atoms with Crippen molar-refractivity contribution in [1.82, 2.24) is 9.97 Å². The maximum Gasteiger partial charge on any atom is 0.221 e. The lowest BCUT2D eigenvalue weighted by Gasteiger charge is -2.13. The van der Waals surface area contributed by atoms with E-state index >= 15 is 0 Å². The summed E-state index contributed by atoms with van der Waals surface area (Å²) in [4.78, 5) is 7.84. The largest absolute Gasteiger partial charge is 0.394 e. The van der Waals surface area contributed by atoms with Crippen molar-refractivity contribution in [2.45, 2.75) is 19.9 Å². The summed E-state index contributed by atoms with van der Waals surface area (Å²) in [5.74, 6) is 0.910. The van der Waals surface area contributed by atoms with Crippen LogP contribution in [0.5, 0.6) is 0 Å². The van der Waals surface area contributed by atoms with Crippen molar-refractivity contribution in [3.05, 3.63) is 11.8 Å². The molecule has 1 aromatic heterocycles. The van der Waals surface area contributed by atoms with E-state index in [4.69, 9.17) is 10.8 Å². The average molecular weight is 182 g/mol. The molecule has 1 aromatic rings. The first-order chi connectivity index (χ1) is 6.13. The van der Waals surface area contributed by atoms with E-state index in [1.165, 1.54) is 0 Å². The summed E-state index contributed by atoms with van der Waals surface area (Å²) >= 11 is 0. The molecule has 1 unspecified atom stereocenters. The van der Waals surface area contributed by atoms with Gasteiger partial charge in [0.15, 0.2) is 0 Å². The minimum Gasteiger partial charge on any atom is -0.394 e. The second-order valence-corrected chi connectivity index (χ2v) is 2.99. The van der Waals surface area contributed by atoms with Crippen LogP contribution in [0.2, 0.25) is 0 Å². The molecule has 0 aliphatic rings. The van der Waals surface area contributed by atoms with E-state index in [2.05, 4.69) is 15.3 Å². The fraction of sp³-hybridized carbons (Fsp3) is 0.500. The summed E-state index contributed by atoms with van der Waals surface area (Å²) in [5.41, 5.74) is 6.33. The van der Waals surface area contributed by atoms with Gasteiger partial charge in [-0.25, -0.2) is 4.98 Å². The highest BCUT2D eigenvalue weighted by Crippen LogP contribution is 2.11. The van der Waals surface area contributed by atoms with Crippen LogP contribution in [0, 0.1) is 6.92 Å². The number of aliphatic hydroxyl groups is 1. The molecule has 4 N–H and O–H groups in total. The number of aryl methyl sites for hydroxylation is 1. The van der Waals surface area contributed by atoms with Crippen LogP contribution >= 0.6 is 0 Å². The van der Waals surface area contributed by atoms with Crippen molar-refractivity contribution in [3.8, 4) is 0 Å². The van der Waals surface area contributed by atoms with E-state index in [1.54, 1.807) is 6.20 Å². The van der Waals surface area contributed by atoms with Gasteiger partial charge in [-0.3, -0.25) is 0 Å². The summed E-state index contributed by atoms with van der Waals surface area (Å²) in [6, 6.07) is -0.0343. The van der Waals surface area contributed by atoms with Crippen molar-refractivity contribution < 1.29 is 5.11 Å². The van der Waals surface area contributed by atoms with E-state index in [0.717, 1.165) is 5.56 Å². The third-order valence-corrected chi connectivity index (χ3v) is 1.65. The summed E-state index contributed by atoms with van der Waals surface area (Å²) in [6.45, 7) is 3.80. The second-order valence-electron chi connectivity index (χ2n) is 2.99. The van der Waals surface area contributed by atoms with Crippen molar-refractivity contribution in [3.63, 3.8) is 0 Å². The van der Waals surface area contributed by atoms with Gasteiger partial charge >= 0.3 is 0 Å². The Bertz CT molecular complexity index is 289. The third-order valence-electron chi connectivity index (χ3n) is 1.65. The Morgan fingerprint density at radius 3 is 3.00 bits per heavy atom. The minimum absolute atomic E-state index is 0.0343. The van der Waals surface area contributed by atoms with Crippen LogP contribution in [-0.2, 0) is 0 Å². The quantitative estimate of drug-likeness (QED) is 0.620. The van der Waals surface area contributed by atoms with Crippen LogP contribution in [-0.4, -0.2) is 27.7 Å². The van der Waals surface area contributed by atoms with E-state index < -0.39 is 0 Å². The highest BCUT2D eigenvalue weighted by atomic mass is 16.3. The number of hydrogen-bond donors (Lipinski definition) is 3. The van der Waals surface area contributed by atoms with Gasteiger partial charge in [-0.05, 0) is 13.8 Å². The number of anilines is 2. The Kier molecular flexibility index (Phi) is 3.02. The molecule has 1 atom stereocenters. The maximum atomic E-state index is 8.82. The molecule has 5 heteroatoms. The number of nitrogens with two attached hydrogens (primary N) is 1. The first kappa shape index (κ1) is 9.73. The molecule has 0 amide bonds. The Balaban J connectivity index is 2.81. The van der Waals surface area contributed by atoms with Crippen LogP contribution in [0.15, 0.2) is 6.20 Å². The van der Waals surface area contributed by atoms with E-state index in [0.29, 0.717) is 5.82 Å². The van der Waals surface area contributed by atoms with Crippen molar-refractivity contribution in [2.75, 3.05) is 17.7 Å². The Morgan fingerprint density at radius 1 is 1.69 bits per heavy atom. The third kappa shape index (κ3) is 2.55. The summed E-state index contributed by atoms with van der Waals surface area (Å²) < 4.78 is 0. The Hall–Kier alpha value is -1.36. The molecular formula is C8H14N4O. The summed E-state index contributed by atoms with van der Waals surface area (Å²) in [5, 5.41) is 11.8. The first-order valence-corrected chi connectivity index (χ1v) is 4.10. The van der Waals surface area contributed by atoms with E-state index in [-0.39, 0.29) is 18.6 Å². The molecule has 0 saturated carbocycles. The van der Waals surface area contributed by atoms with Gasteiger partial charge in [0.1, 0.15) is 5.82 Å². The molecular weight excluding hydrogens is 168 g/mol. The van der Waals surface area contributed by atoms with Gasteiger partial charge < -0.3 is 16.2 Å². The second kappa shape index (κ2) is 4.04. The fourth-order valence-corrected chi connectivity index (χ4v) is 0.881.